The number of carbonyl (C=O) groups excluding carboxylic acids is 1. The second-order valence-corrected chi connectivity index (χ2v) is 5.66. The molecule has 1 rings (SSSR count). The van der Waals surface area contributed by atoms with Gasteiger partial charge in [0, 0.05) is 7.11 Å². The predicted molar refractivity (Wildman–Crippen MR) is 90.5 cm³/mol. The third kappa shape index (κ3) is 5.26. The smallest absolute Gasteiger partial charge is 0.256 e. The van der Waals surface area contributed by atoms with E-state index in [-0.39, 0.29) is 5.91 Å². The van der Waals surface area contributed by atoms with E-state index < -0.39 is 5.60 Å². The van der Waals surface area contributed by atoms with E-state index in [9.17, 15) is 10.1 Å². The molecule has 23 heavy (non-hydrogen) atoms. The lowest BCUT2D eigenvalue weighted by molar-refractivity contribution is -0.136. The molecule has 1 amide bonds. The van der Waals surface area contributed by atoms with E-state index in [1.807, 2.05) is 6.92 Å². The number of hydrogen-bond donors (Lipinski definition) is 1. The second kappa shape index (κ2) is 9.16. The minimum Gasteiger partial charge on any atom is -0.494 e. The topological polar surface area (TPSA) is 71.3 Å². The zero-order valence-electron chi connectivity index (χ0n) is 14.4. The maximum absolute atomic E-state index is 12.4. The van der Waals surface area contributed by atoms with Crippen LogP contribution in [0.3, 0.4) is 0 Å². The second-order valence-electron chi connectivity index (χ2n) is 5.66. The Morgan fingerprint density at radius 2 is 2.09 bits per heavy atom. The predicted octanol–water partition coefficient (Wildman–Crippen LogP) is 3.88. The summed E-state index contributed by atoms with van der Waals surface area (Å²) in [6, 6.07) is 7.20. The van der Waals surface area contributed by atoms with E-state index in [1.165, 1.54) is 7.11 Å². The monoisotopic (exact) mass is 318 g/mol. The Bertz CT molecular complexity index is 566. The van der Waals surface area contributed by atoms with Crippen LogP contribution in [0.15, 0.2) is 18.2 Å². The fourth-order valence-electron chi connectivity index (χ4n) is 2.19. The molecule has 5 nitrogen and oxygen atoms in total. The quantitative estimate of drug-likeness (QED) is 0.701. The lowest BCUT2D eigenvalue weighted by Gasteiger charge is -2.26. The molecule has 0 aliphatic carbocycles. The van der Waals surface area contributed by atoms with Crippen LogP contribution in [0.4, 0.5) is 5.69 Å². The van der Waals surface area contributed by atoms with Gasteiger partial charge in [0.1, 0.15) is 17.4 Å². The van der Waals surface area contributed by atoms with Crippen LogP contribution < -0.4 is 10.1 Å². The molecule has 0 aliphatic rings. The third-order valence-corrected chi connectivity index (χ3v) is 3.78. The van der Waals surface area contributed by atoms with E-state index in [4.69, 9.17) is 9.47 Å². The van der Waals surface area contributed by atoms with Crippen molar-refractivity contribution >= 4 is 11.6 Å². The lowest BCUT2D eigenvalue weighted by Crippen LogP contribution is -2.41. The van der Waals surface area contributed by atoms with E-state index in [0.29, 0.717) is 30.0 Å². The molecule has 0 fully saturated rings. The molecule has 1 aromatic carbocycles. The van der Waals surface area contributed by atoms with Gasteiger partial charge in [-0.25, -0.2) is 0 Å². The van der Waals surface area contributed by atoms with Crippen LogP contribution in [0.25, 0.3) is 0 Å². The fourth-order valence-corrected chi connectivity index (χ4v) is 2.19. The van der Waals surface area contributed by atoms with Gasteiger partial charge in [-0.3, -0.25) is 4.79 Å². The molecule has 0 heterocycles. The molecular formula is C18H26N2O3. The molecule has 0 saturated carbocycles. The van der Waals surface area contributed by atoms with Crippen molar-refractivity contribution in [1.29, 1.82) is 5.26 Å². The largest absolute Gasteiger partial charge is 0.494 e. The van der Waals surface area contributed by atoms with Gasteiger partial charge >= 0.3 is 0 Å². The van der Waals surface area contributed by atoms with Crippen molar-refractivity contribution in [2.75, 3.05) is 19.0 Å². The summed E-state index contributed by atoms with van der Waals surface area (Å²) < 4.78 is 10.9. The molecule has 0 aromatic heterocycles. The van der Waals surface area contributed by atoms with Crippen LogP contribution >= 0.6 is 0 Å². The molecule has 1 N–H and O–H groups in total. The third-order valence-electron chi connectivity index (χ3n) is 3.78. The van der Waals surface area contributed by atoms with E-state index in [0.717, 1.165) is 19.3 Å². The van der Waals surface area contributed by atoms with Gasteiger partial charge in [-0.1, -0.05) is 26.7 Å². The van der Waals surface area contributed by atoms with Gasteiger partial charge in [0.2, 0.25) is 0 Å². The van der Waals surface area contributed by atoms with Crippen LogP contribution in [0, 0.1) is 11.3 Å². The maximum atomic E-state index is 12.4. The van der Waals surface area contributed by atoms with Gasteiger partial charge in [-0.2, -0.15) is 5.26 Å². The van der Waals surface area contributed by atoms with Crippen molar-refractivity contribution in [3.8, 4) is 11.8 Å². The Hall–Kier alpha value is -2.06. The molecule has 1 aromatic rings. The molecule has 0 aliphatic heterocycles. The number of nitrogens with zero attached hydrogens (tertiary/aromatic N) is 1. The van der Waals surface area contributed by atoms with E-state index in [2.05, 4.69) is 18.3 Å². The number of ether oxygens (including phenoxy) is 2. The van der Waals surface area contributed by atoms with E-state index in [1.54, 1.807) is 25.1 Å². The van der Waals surface area contributed by atoms with Crippen molar-refractivity contribution in [2.45, 2.75) is 52.1 Å². The Balaban J connectivity index is 2.88. The van der Waals surface area contributed by atoms with Gasteiger partial charge in [0.15, 0.2) is 0 Å². The first kappa shape index (κ1) is 19.0. The number of rotatable bonds is 9. The fraction of sp³-hybridized carbons (Fsp3) is 0.556. The van der Waals surface area contributed by atoms with Gasteiger partial charge in [-0.05, 0) is 38.0 Å². The van der Waals surface area contributed by atoms with Gasteiger partial charge < -0.3 is 14.8 Å². The van der Waals surface area contributed by atoms with Crippen LogP contribution in [0.5, 0.6) is 5.75 Å². The summed E-state index contributed by atoms with van der Waals surface area (Å²) in [6.07, 6.45) is 3.44. The highest BCUT2D eigenvalue weighted by Gasteiger charge is 2.32. The minimum atomic E-state index is -0.905. The number of hydrogen-bond acceptors (Lipinski definition) is 4. The Morgan fingerprint density at radius 3 is 2.65 bits per heavy atom. The normalized spacial score (nSPS) is 13.0. The zero-order chi connectivity index (χ0) is 17.3. The van der Waals surface area contributed by atoms with Crippen molar-refractivity contribution in [3.63, 3.8) is 0 Å². The molecular weight excluding hydrogens is 292 g/mol. The maximum Gasteiger partial charge on any atom is 0.256 e. The van der Waals surface area contributed by atoms with Gasteiger partial charge in [0.05, 0.1) is 17.9 Å². The van der Waals surface area contributed by atoms with Crippen molar-refractivity contribution in [2.24, 2.45) is 0 Å². The molecule has 0 bridgehead atoms. The number of nitriles is 1. The van der Waals surface area contributed by atoms with Crippen molar-refractivity contribution in [1.82, 2.24) is 0 Å². The average Bonchev–Trinajstić information content (AvgIpc) is 2.56. The summed E-state index contributed by atoms with van der Waals surface area (Å²) in [7, 11) is 1.52. The summed E-state index contributed by atoms with van der Waals surface area (Å²) in [5.41, 5.74) is -0.0559. The highest BCUT2D eigenvalue weighted by atomic mass is 16.5. The number of nitrogens with one attached hydrogen (secondary N) is 1. The Labute approximate surface area is 138 Å². The van der Waals surface area contributed by atoms with Crippen molar-refractivity contribution in [3.05, 3.63) is 23.8 Å². The number of unbranched alkanes of at least 4 members (excludes halogenated alkanes) is 1. The summed E-state index contributed by atoms with van der Waals surface area (Å²) in [4.78, 5) is 12.4. The summed E-state index contributed by atoms with van der Waals surface area (Å²) >= 11 is 0. The average molecular weight is 318 g/mol. The first-order valence-electron chi connectivity index (χ1n) is 8.04. The number of anilines is 1. The highest BCUT2D eigenvalue weighted by molar-refractivity contribution is 5.98. The van der Waals surface area contributed by atoms with Gasteiger partial charge in [0.25, 0.3) is 5.91 Å². The molecule has 0 saturated heterocycles. The van der Waals surface area contributed by atoms with Crippen LogP contribution in [0.2, 0.25) is 0 Å². The Morgan fingerprint density at radius 1 is 1.35 bits per heavy atom. The number of methoxy groups -OCH3 is 1. The summed E-state index contributed by atoms with van der Waals surface area (Å²) in [5.74, 6) is 0.383. The molecule has 0 spiro atoms. The van der Waals surface area contributed by atoms with E-state index >= 15 is 0 Å². The first-order valence-corrected chi connectivity index (χ1v) is 8.04. The lowest BCUT2D eigenvalue weighted by atomic mass is 9.99. The Kier molecular flexibility index (Phi) is 7.56. The molecule has 0 unspecified atom stereocenters. The molecule has 1 atom stereocenters. The number of carbonyl (C=O) groups is 1. The van der Waals surface area contributed by atoms with Crippen LogP contribution in [-0.4, -0.2) is 25.2 Å². The highest BCUT2D eigenvalue weighted by Crippen LogP contribution is 2.25. The molecule has 5 heteroatoms. The zero-order valence-corrected chi connectivity index (χ0v) is 14.4. The molecule has 126 valence electrons. The van der Waals surface area contributed by atoms with Crippen molar-refractivity contribution < 1.29 is 14.3 Å². The molecule has 0 radical (unpaired) electrons. The number of amides is 1. The first-order chi connectivity index (χ1) is 11.0. The SMILES string of the molecule is CCCCOc1ccc(NC(=O)[C@](C)(CCC)OC)c(C#N)c1. The minimum absolute atomic E-state index is 0.252. The summed E-state index contributed by atoms with van der Waals surface area (Å²) in [6.45, 7) is 6.45. The summed E-state index contributed by atoms with van der Waals surface area (Å²) in [5, 5.41) is 12.1. The van der Waals surface area contributed by atoms with Crippen LogP contribution in [0.1, 0.15) is 52.0 Å². The van der Waals surface area contributed by atoms with Gasteiger partial charge in [-0.15, -0.1) is 0 Å². The van der Waals surface area contributed by atoms with Crippen LogP contribution in [-0.2, 0) is 9.53 Å². The standard InChI is InChI=1S/C18H26N2O3/c1-5-7-11-23-15-8-9-16(14(12-15)13-19)20-17(21)18(3,22-4)10-6-2/h8-9,12H,5-7,10-11H2,1-4H3,(H,20,21)/t18-/m0/s1. The number of benzene rings is 1.